The maximum absolute atomic E-state index is 11.1. The fraction of sp³-hybridized carbons (Fsp3) is 0.750. The highest BCUT2D eigenvalue weighted by Gasteiger charge is 2.06. The first kappa shape index (κ1) is 19.2. The van der Waals surface area contributed by atoms with Crippen LogP contribution in [0.15, 0.2) is 11.6 Å². The summed E-state index contributed by atoms with van der Waals surface area (Å²) >= 11 is 3.70. The van der Waals surface area contributed by atoms with Gasteiger partial charge >= 0.3 is 5.97 Å². The number of carboxylic acid groups (broad SMARTS) is 1. The van der Waals surface area contributed by atoms with E-state index < -0.39 is 11.1 Å². The van der Waals surface area contributed by atoms with Crippen LogP contribution in [0.1, 0.15) is 77.6 Å². The number of carboxylic acids is 1. The first-order valence-corrected chi connectivity index (χ1v) is 8.19. The Morgan fingerprint density at radius 2 is 1.35 bits per heavy atom. The van der Waals surface area contributed by atoms with Gasteiger partial charge in [0, 0.05) is 11.6 Å². The molecule has 0 aromatic heterocycles. The SMILES string of the molecule is CCCCCCCCCCCC/C(=C/C(=O)O)C(=O)S. The van der Waals surface area contributed by atoms with Crippen molar-refractivity contribution in [2.75, 3.05) is 0 Å². The predicted octanol–water partition coefficient (Wildman–Crippen LogP) is 4.76. The lowest BCUT2D eigenvalue weighted by Gasteiger charge is -2.03. The van der Waals surface area contributed by atoms with E-state index in [1.807, 2.05) is 0 Å². The number of rotatable bonds is 13. The summed E-state index contributed by atoms with van der Waals surface area (Å²) in [5.74, 6) is -1.07. The molecule has 0 aliphatic rings. The Kier molecular flexibility index (Phi) is 12.7. The highest BCUT2D eigenvalue weighted by atomic mass is 32.1. The van der Waals surface area contributed by atoms with Crippen molar-refractivity contribution in [1.29, 1.82) is 0 Å². The van der Waals surface area contributed by atoms with E-state index in [-0.39, 0.29) is 0 Å². The molecular weight excluding hydrogens is 272 g/mol. The number of unbranched alkanes of at least 4 members (excludes halogenated alkanes) is 9. The van der Waals surface area contributed by atoms with Crippen molar-refractivity contribution in [3.8, 4) is 0 Å². The normalized spacial score (nSPS) is 11.6. The van der Waals surface area contributed by atoms with Gasteiger partial charge in [-0.25, -0.2) is 4.79 Å². The molecule has 0 aliphatic heterocycles. The zero-order valence-electron chi connectivity index (χ0n) is 12.6. The summed E-state index contributed by atoms with van der Waals surface area (Å²) in [7, 11) is 0. The summed E-state index contributed by atoms with van der Waals surface area (Å²) < 4.78 is 0. The zero-order chi connectivity index (χ0) is 15.2. The van der Waals surface area contributed by atoms with Crippen LogP contribution in [0.4, 0.5) is 0 Å². The van der Waals surface area contributed by atoms with Gasteiger partial charge in [-0.05, 0) is 12.8 Å². The molecule has 3 nitrogen and oxygen atoms in total. The molecule has 0 heterocycles. The first-order chi connectivity index (χ1) is 9.57. The highest BCUT2D eigenvalue weighted by Crippen LogP contribution is 2.15. The molecule has 0 unspecified atom stereocenters. The molecule has 0 saturated carbocycles. The van der Waals surface area contributed by atoms with Gasteiger partial charge < -0.3 is 5.11 Å². The van der Waals surface area contributed by atoms with Crippen LogP contribution in [0.5, 0.6) is 0 Å². The van der Waals surface area contributed by atoms with E-state index in [9.17, 15) is 9.59 Å². The maximum Gasteiger partial charge on any atom is 0.328 e. The second-order valence-corrected chi connectivity index (χ2v) is 5.65. The molecule has 20 heavy (non-hydrogen) atoms. The molecule has 0 aromatic rings. The van der Waals surface area contributed by atoms with Gasteiger partial charge in [0.2, 0.25) is 5.12 Å². The van der Waals surface area contributed by atoms with Crippen LogP contribution in [-0.2, 0) is 9.59 Å². The van der Waals surface area contributed by atoms with E-state index in [4.69, 9.17) is 5.11 Å². The average molecular weight is 300 g/mol. The Labute approximate surface area is 128 Å². The molecule has 0 atom stereocenters. The molecule has 4 heteroatoms. The smallest absolute Gasteiger partial charge is 0.328 e. The fourth-order valence-corrected chi connectivity index (χ4v) is 2.37. The summed E-state index contributed by atoms with van der Waals surface area (Å²) in [5.41, 5.74) is 0.306. The van der Waals surface area contributed by atoms with Crippen molar-refractivity contribution in [2.24, 2.45) is 0 Å². The van der Waals surface area contributed by atoms with Crippen molar-refractivity contribution < 1.29 is 14.7 Å². The van der Waals surface area contributed by atoms with E-state index >= 15 is 0 Å². The van der Waals surface area contributed by atoms with Gasteiger partial charge in [-0.1, -0.05) is 64.7 Å². The lowest BCUT2D eigenvalue weighted by molar-refractivity contribution is -0.131. The van der Waals surface area contributed by atoms with E-state index in [0.717, 1.165) is 25.3 Å². The van der Waals surface area contributed by atoms with E-state index in [1.54, 1.807) is 0 Å². The Morgan fingerprint density at radius 1 is 0.900 bits per heavy atom. The minimum atomic E-state index is -1.07. The van der Waals surface area contributed by atoms with Gasteiger partial charge in [-0.2, -0.15) is 0 Å². The third-order valence-corrected chi connectivity index (χ3v) is 3.66. The molecule has 0 amide bonds. The monoisotopic (exact) mass is 300 g/mol. The molecular formula is C16H28O3S. The zero-order valence-corrected chi connectivity index (χ0v) is 13.5. The van der Waals surface area contributed by atoms with Crippen LogP contribution >= 0.6 is 12.6 Å². The molecule has 0 spiro atoms. The second kappa shape index (κ2) is 13.2. The summed E-state index contributed by atoms with van der Waals surface area (Å²) in [5, 5.41) is 8.20. The third-order valence-electron chi connectivity index (χ3n) is 3.37. The van der Waals surface area contributed by atoms with Gasteiger partial charge in [0.15, 0.2) is 0 Å². The second-order valence-electron chi connectivity index (χ2n) is 5.24. The highest BCUT2D eigenvalue weighted by molar-refractivity contribution is 7.97. The molecule has 0 saturated heterocycles. The van der Waals surface area contributed by atoms with Crippen LogP contribution in [0.3, 0.4) is 0 Å². The molecule has 0 aliphatic carbocycles. The number of thiol groups is 1. The van der Waals surface area contributed by atoms with Crippen molar-refractivity contribution >= 4 is 23.7 Å². The minimum absolute atomic E-state index is 0.306. The third kappa shape index (κ3) is 12.3. The number of aliphatic carboxylic acids is 1. The number of hydrogen-bond acceptors (Lipinski definition) is 2. The first-order valence-electron chi connectivity index (χ1n) is 7.74. The quantitative estimate of drug-likeness (QED) is 0.293. The summed E-state index contributed by atoms with van der Waals surface area (Å²) in [6.45, 7) is 2.22. The lowest BCUT2D eigenvalue weighted by Crippen LogP contribution is -1.99. The van der Waals surface area contributed by atoms with Crippen LogP contribution in [0, 0.1) is 0 Å². The molecule has 0 fully saturated rings. The van der Waals surface area contributed by atoms with Gasteiger partial charge in [0.25, 0.3) is 0 Å². The van der Waals surface area contributed by atoms with Gasteiger partial charge in [-0.15, -0.1) is 12.6 Å². The van der Waals surface area contributed by atoms with Gasteiger partial charge in [-0.3, -0.25) is 4.79 Å². The number of hydrogen-bond donors (Lipinski definition) is 2. The molecule has 0 radical (unpaired) electrons. The van der Waals surface area contributed by atoms with Gasteiger partial charge in [0.1, 0.15) is 0 Å². The van der Waals surface area contributed by atoms with Crippen molar-refractivity contribution in [2.45, 2.75) is 77.6 Å². The van der Waals surface area contributed by atoms with E-state index in [2.05, 4.69) is 19.6 Å². The lowest BCUT2D eigenvalue weighted by atomic mass is 10.0. The van der Waals surface area contributed by atoms with E-state index in [0.29, 0.717) is 12.0 Å². The molecule has 0 rings (SSSR count). The average Bonchev–Trinajstić information content (AvgIpc) is 2.39. The Hall–Kier alpha value is -0.770. The van der Waals surface area contributed by atoms with Crippen LogP contribution in [0.25, 0.3) is 0 Å². The van der Waals surface area contributed by atoms with Crippen LogP contribution < -0.4 is 0 Å². The fourth-order valence-electron chi connectivity index (χ4n) is 2.19. The Balaban J connectivity index is 3.51. The van der Waals surface area contributed by atoms with Crippen molar-refractivity contribution in [3.05, 3.63) is 11.6 Å². The predicted molar refractivity (Wildman–Crippen MR) is 86.2 cm³/mol. The van der Waals surface area contributed by atoms with Crippen molar-refractivity contribution in [3.63, 3.8) is 0 Å². The minimum Gasteiger partial charge on any atom is -0.478 e. The molecule has 116 valence electrons. The summed E-state index contributed by atoms with van der Waals surface area (Å²) in [6.07, 6.45) is 13.7. The van der Waals surface area contributed by atoms with E-state index in [1.165, 1.54) is 44.9 Å². The van der Waals surface area contributed by atoms with Crippen molar-refractivity contribution in [1.82, 2.24) is 0 Å². The van der Waals surface area contributed by atoms with Crippen LogP contribution in [-0.4, -0.2) is 16.2 Å². The molecule has 0 aromatic carbocycles. The summed E-state index contributed by atoms with van der Waals surface area (Å²) in [4.78, 5) is 21.6. The standard InChI is InChI=1S/C16H28O3S/c1-2-3-4-5-6-7-8-9-10-11-12-14(16(19)20)13-15(17)18/h13H,2-12H2,1H3,(H,17,18)(H,19,20)/b14-13-. The number of carbonyl (C=O) groups excluding carboxylic acids is 1. The van der Waals surface area contributed by atoms with Gasteiger partial charge in [0.05, 0.1) is 0 Å². The Morgan fingerprint density at radius 3 is 1.75 bits per heavy atom. The van der Waals surface area contributed by atoms with Crippen LogP contribution in [0.2, 0.25) is 0 Å². The number of carbonyl (C=O) groups is 2. The topological polar surface area (TPSA) is 54.4 Å². The maximum atomic E-state index is 11.1. The molecule has 0 bridgehead atoms. The summed E-state index contributed by atoms with van der Waals surface area (Å²) in [6, 6.07) is 0. The molecule has 1 N–H and O–H groups in total. The largest absolute Gasteiger partial charge is 0.478 e. The Bertz CT molecular complexity index is 311.